The van der Waals surface area contributed by atoms with E-state index in [1.54, 1.807) is 0 Å². The molecule has 0 spiro atoms. The highest BCUT2D eigenvalue weighted by Crippen LogP contribution is 2.28. The molecule has 0 aromatic heterocycles. The third kappa shape index (κ3) is 3.22. The minimum Gasteiger partial charge on any atom is -0.368 e. The van der Waals surface area contributed by atoms with Crippen molar-refractivity contribution in [3.8, 4) is 0 Å². The molecule has 2 rings (SSSR count). The van der Waals surface area contributed by atoms with Crippen LogP contribution in [0.3, 0.4) is 0 Å². The van der Waals surface area contributed by atoms with Gasteiger partial charge in [-0.25, -0.2) is 0 Å². The molecule has 0 bridgehead atoms. The molecule has 2 N–H and O–H groups in total. The van der Waals surface area contributed by atoms with Crippen molar-refractivity contribution in [2.75, 3.05) is 31.6 Å². The van der Waals surface area contributed by atoms with Gasteiger partial charge in [0.15, 0.2) is 0 Å². The first kappa shape index (κ1) is 14.6. The second-order valence-electron chi connectivity index (χ2n) is 5.58. The third-order valence-corrected chi connectivity index (χ3v) is 4.39. The summed E-state index contributed by atoms with van der Waals surface area (Å²) in [4.78, 5) is 4.91. The van der Waals surface area contributed by atoms with Crippen LogP contribution < -0.4 is 10.6 Å². The van der Waals surface area contributed by atoms with Gasteiger partial charge in [0, 0.05) is 35.9 Å². The quantitative estimate of drug-likeness (QED) is 0.923. The van der Waals surface area contributed by atoms with Crippen LogP contribution in [-0.4, -0.2) is 43.7 Å². The average molecular weight is 282 g/mol. The number of likely N-dealkylation sites (N-methyl/N-ethyl adjacent to an activating group) is 1. The number of piperazine rings is 1. The third-order valence-electron chi connectivity index (χ3n) is 4.16. The maximum absolute atomic E-state index is 6.10. The smallest absolute Gasteiger partial charge is 0.0410 e. The molecular formula is C15H24ClN3. The summed E-state index contributed by atoms with van der Waals surface area (Å²) in [6.07, 6.45) is 0.880. The Morgan fingerprint density at radius 1 is 1.26 bits per heavy atom. The van der Waals surface area contributed by atoms with Crippen molar-refractivity contribution < 1.29 is 0 Å². The first-order valence-corrected chi connectivity index (χ1v) is 7.36. The lowest BCUT2D eigenvalue weighted by Crippen LogP contribution is -2.55. The molecule has 106 valence electrons. The summed E-state index contributed by atoms with van der Waals surface area (Å²) in [6.45, 7) is 7.33. The maximum atomic E-state index is 6.10. The Morgan fingerprint density at radius 2 is 1.89 bits per heavy atom. The van der Waals surface area contributed by atoms with Gasteiger partial charge in [-0.05, 0) is 57.6 Å². The van der Waals surface area contributed by atoms with E-state index >= 15 is 0 Å². The molecule has 0 amide bonds. The summed E-state index contributed by atoms with van der Waals surface area (Å²) in [7, 11) is 2.20. The Hall–Kier alpha value is -0.770. The van der Waals surface area contributed by atoms with Gasteiger partial charge in [-0.15, -0.1) is 0 Å². The maximum Gasteiger partial charge on any atom is 0.0410 e. The van der Waals surface area contributed by atoms with E-state index in [9.17, 15) is 0 Å². The lowest BCUT2D eigenvalue weighted by atomic mass is 10.0. The molecule has 0 aliphatic carbocycles. The minimum atomic E-state index is 0.560. The van der Waals surface area contributed by atoms with Gasteiger partial charge in [-0.2, -0.15) is 0 Å². The summed E-state index contributed by atoms with van der Waals surface area (Å²) < 4.78 is 0. The topological polar surface area (TPSA) is 32.5 Å². The summed E-state index contributed by atoms with van der Waals surface area (Å²) in [5, 5.41) is 0.794. The predicted molar refractivity (Wildman–Crippen MR) is 83.1 cm³/mol. The van der Waals surface area contributed by atoms with E-state index in [4.69, 9.17) is 17.3 Å². The Morgan fingerprint density at radius 3 is 2.47 bits per heavy atom. The van der Waals surface area contributed by atoms with Crippen LogP contribution in [0.15, 0.2) is 18.2 Å². The number of anilines is 1. The Balaban J connectivity index is 2.26. The van der Waals surface area contributed by atoms with Crippen LogP contribution in [0, 0.1) is 0 Å². The highest BCUT2D eigenvalue weighted by molar-refractivity contribution is 6.30. The summed E-state index contributed by atoms with van der Waals surface area (Å²) in [6, 6.07) is 7.29. The second kappa shape index (κ2) is 6.12. The SMILES string of the molecule is CC1CN(c2ccc(Cl)cc2CCN)CC(C)N1C. The van der Waals surface area contributed by atoms with Crippen molar-refractivity contribution in [3.63, 3.8) is 0 Å². The Kier molecular flexibility index (Phi) is 4.71. The molecule has 0 saturated carbocycles. The molecule has 1 aromatic rings. The number of halogens is 1. The van der Waals surface area contributed by atoms with Crippen LogP contribution in [0.25, 0.3) is 0 Å². The fourth-order valence-electron chi connectivity index (χ4n) is 2.82. The van der Waals surface area contributed by atoms with Gasteiger partial charge in [0.1, 0.15) is 0 Å². The molecule has 2 atom stereocenters. The normalized spacial score (nSPS) is 24.8. The molecule has 19 heavy (non-hydrogen) atoms. The van der Waals surface area contributed by atoms with Crippen LogP contribution in [0.1, 0.15) is 19.4 Å². The zero-order valence-corrected chi connectivity index (χ0v) is 12.8. The van der Waals surface area contributed by atoms with Gasteiger partial charge in [0.05, 0.1) is 0 Å². The van der Waals surface area contributed by atoms with Gasteiger partial charge >= 0.3 is 0 Å². The van der Waals surface area contributed by atoms with Crippen LogP contribution >= 0.6 is 11.6 Å². The number of nitrogens with two attached hydrogens (primary N) is 1. The molecule has 1 aliphatic heterocycles. The number of nitrogens with zero attached hydrogens (tertiary/aromatic N) is 2. The first-order valence-electron chi connectivity index (χ1n) is 6.98. The molecule has 3 nitrogen and oxygen atoms in total. The van der Waals surface area contributed by atoms with E-state index in [0.29, 0.717) is 18.6 Å². The van der Waals surface area contributed by atoms with Crippen molar-refractivity contribution in [1.82, 2.24) is 4.90 Å². The first-order chi connectivity index (χ1) is 9.02. The van der Waals surface area contributed by atoms with Crippen molar-refractivity contribution >= 4 is 17.3 Å². The fraction of sp³-hybridized carbons (Fsp3) is 0.600. The molecular weight excluding hydrogens is 258 g/mol. The highest BCUT2D eigenvalue weighted by Gasteiger charge is 2.27. The average Bonchev–Trinajstić information content (AvgIpc) is 2.36. The van der Waals surface area contributed by atoms with E-state index in [1.165, 1.54) is 11.3 Å². The van der Waals surface area contributed by atoms with Gasteiger partial charge < -0.3 is 10.6 Å². The van der Waals surface area contributed by atoms with Gasteiger partial charge in [-0.3, -0.25) is 4.90 Å². The van der Waals surface area contributed by atoms with E-state index in [0.717, 1.165) is 24.5 Å². The van der Waals surface area contributed by atoms with Gasteiger partial charge in [0.2, 0.25) is 0 Å². The van der Waals surface area contributed by atoms with E-state index in [-0.39, 0.29) is 0 Å². The molecule has 2 unspecified atom stereocenters. The summed E-state index contributed by atoms with van der Waals surface area (Å²) in [5.74, 6) is 0. The number of hydrogen-bond donors (Lipinski definition) is 1. The highest BCUT2D eigenvalue weighted by atomic mass is 35.5. The van der Waals surface area contributed by atoms with Crippen molar-refractivity contribution in [2.24, 2.45) is 5.73 Å². The minimum absolute atomic E-state index is 0.560. The van der Waals surface area contributed by atoms with Crippen molar-refractivity contribution in [2.45, 2.75) is 32.4 Å². The standard InChI is InChI=1S/C15H24ClN3/c1-11-9-19(10-12(2)18(11)3)15-5-4-14(16)8-13(15)6-7-17/h4-5,8,11-12H,6-7,9-10,17H2,1-3H3. The van der Waals surface area contributed by atoms with Crippen LogP contribution in [0.5, 0.6) is 0 Å². The summed E-state index contributed by atoms with van der Waals surface area (Å²) >= 11 is 6.10. The van der Waals surface area contributed by atoms with E-state index in [1.807, 2.05) is 6.07 Å². The molecule has 1 heterocycles. The van der Waals surface area contributed by atoms with Crippen molar-refractivity contribution in [1.29, 1.82) is 0 Å². The Labute approximate surface area is 121 Å². The number of rotatable bonds is 3. The molecule has 1 fully saturated rings. The zero-order valence-electron chi connectivity index (χ0n) is 12.1. The van der Waals surface area contributed by atoms with Crippen LogP contribution in [0.2, 0.25) is 5.02 Å². The predicted octanol–water partition coefficient (Wildman–Crippen LogP) is 2.37. The number of hydrogen-bond acceptors (Lipinski definition) is 3. The monoisotopic (exact) mass is 281 g/mol. The lowest BCUT2D eigenvalue weighted by Gasteiger charge is -2.44. The van der Waals surface area contributed by atoms with Crippen LogP contribution in [-0.2, 0) is 6.42 Å². The van der Waals surface area contributed by atoms with Gasteiger partial charge in [-0.1, -0.05) is 11.6 Å². The summed E-state index contributed by atoms with van der Waals surface area (Å²) in [5.41, 5.74) is 8.27. The van der Waals surface area contributed by atoms with Crippen LogP contribution in [0.4, 0.5) is 5.69 Å². The Bertz CT molecular complexity index is 423. The molecule has 1 aromatic carbocycles. The van der Waals surface area contributed by atoms with E-state index < -0.39 is 0 Å². The number of benzene rings is 1. The van der Waals surface area contributed by atoms with Gasteiger partial charge in [0.25, 0.3) is 0 Å². The molecule has 1 saturated heterocycles. The molecule has 1 aliphatic rings. The molecule has 4 heteroatoms. The zero-order chi connectivity index (χ0) is 14.0. The molecule has 0 radical (unpaired) electrons. The van der Waals surface area contributed by atoms with Crippen molar-refractivity contribution in [3.05, 3.63) is 28.8 Å². The fourth-order valence-corrected chi connectivity index (χ4v) is 3.01. The second-order valence-corrected chi connectivity index (χ2v) is 6.02. The lowest BCUT2D eigenvalue weighted by molar-refractivity contribution is 0.170. The van der Waals surface area contributed by atoms with E-state index in [2.05, 4.69) is 42.8 Å². The largest absolute Gasteiger partial charge is 0.368 e.